The number of halogens is 1. The summed E-state index contributed by atoms with van der Waals surface area (Å²) in [6.07, 6.45) is 0.246. The van der Waals surface area contributed by atoms with Crippen LogP contribution in [0.3, 0.4) is 0 Å². The second kappa shape index (κ2) is 3.65. The van der Waals surface area contributed by atoms with Crippen LogP contribution in [0.4, 0.5) is 0 Å². The molecule has 0 unspecified atom stereocenters. The van der Waals surface area contributed by atoms with Crippen LogP contribution >= 0.6 is 15.9 Å². The lowest BCUT2D eigenvalue weighted by Crippen LogP contribution is -2.50. The lowest BCUT2D eigenvalue weighted by Gasteiger charge is -2.34. The van der Waals surface area contributed by atoms with Crippen molar-refractivity contribution in [3.63, 3.8) is 0 Å². The van der Waals surface area contributed by atoms with Crippen molar-refractivity contribution in [1.82, 2.24) is 0 Å². The molecule has 0 aliphatic heterocycles. The van der Waals surface area contributed by atoms with E-state index in [0.29, 0.717) is 0 Å². The number of carbonyl (C=O) groups is 2. The van der Waals surface area contributed by atoms with E-state index in [1.54, 1.807) is 6.92 Å². The van der Waals surface area contributed by atoms with E-state index in [2.05, 4.69) is 15.9 Å². The summed E-state index contributed by atoms with van der Waals surface area (Å²) in [5.74, 6) is -2.28. The lowest BCUT2D eigenvalue weighted by atomic mass is 9.76. The Morgan fingerprint density at radius 1 is 1.23 bits per heavy atom. The first-order valence-electron chi connectivity index (χ1n) is 3.86. The van der Waals surface area contributed by atoms with E-state index >= 15 is 0 Å². The second-order valence-electron chi connectivity index (χ2n) is 3.30. The SMILES string of the molecule is CC[C@@](C)(C(=O)O)[C@](C)(Br)C(=O)O. The Labute approximate surface area is 85.1 Å². The minimum absolute atomic E-state index is 0.246. The van der Waals surface area contributed by atoms with E-state index in [0.717, 1.165) is 0 Å². The molecule has 13 heavy (non-hydrogen) atoms. The Hall–Kier alpha value is -0.580. The quantitative estimate of drug-likeness (QED) is 0.748. The summed E-state index contributed by atoms with van der Waals surface area (Å²) in [5, 5.41) is 17.8. The van der Waals surface area contributed by atoms with Gasteiger partial charge < -0.3 is 10.2 Å². The molecular weight excluding hydrogens is 240 g/mol. The van der Waals surface area contributed by atoms with Gasteiger partial charge in [0.1, 0.15) is 4.32 Å². The molecule has 0 aliphatic carbocycles. The molecule has 0 amide bonds. The van der Waals surface area contributed by atoms with E-state index in [1.807, 2.05) is 0 Å². The maximum absolute atomic E-state index is 10.9. The average molecular weight is 253 g/mol. The number of hydrogen-bond donors (Lipinski definition) is 2. The summed E-state index contributed by atoms with van der Waals surface area (Å²) >= 11 is 2.95. The summed E-state index contributed by atoms with van der Waals surface area (Å²) in [7, 11) is 0. The topological polar surface area (TPSA) is 74.6 Å². The fourth-order valence-corrected chi connectivity index (χ4v) is 1.37. The minimum Gasteiger partial charge on any atom is -0.481 e. The maximum atomic E-state index is 10.9. The molecule has 0 rings (SSSR count). The highest BCUT2D eigenvalue weighted by Gasteiger charge is 2.52. The van der Waals surface area contributed by atoms with Gasteiger partial charge in [-0.1, -0.05) is 22.9 Å². The highest BCUT2D eigenvalue weighted by atomic mass is 79.9. The fourth-order valence-electron chi connectivity index (χ4n) is 0.920. The van der Waals surface area contributed by atoms with Gasteiger partial charge in [-0.05, 0) is 20.3 Å². The number of rotatable bonds is 4. The lowest BCUT2D eigenvalue weighted by molar-refractivity contribution is -0.157. The molecular formula is C8H13BrO4. The van der Waals surface area contributed by atoms with Crippen molar-refractivity contribution in [2.45, 2.75) is 31.5 Å². The molecule has 2 N–H and O–H groups in total. The molecule has 4 nitrogen and oxygen atoms in total. The molecule has 76 valence electrons. The third-order valence-electron chi connectivity index (χ3n) is 2.62. The smallest absolute Gasteiger partial charge is 0.321 e. The van der Waals surface area contributed by atoms with Gasteiger partial charge in [-0.3, -0.25) is 9.59 Å². The Morgan fingerprint density at radius 2 is 1.62 bits per heavy atom. The standard InChI is InChI=1S/C8H13BrO4/c1-4-7(2,5(10)11)8(3,9)6(12)13/h4H2,1-3H3,(H,10,11)(H,12,13)/t7-,8+/m0/s1. The van der Waals surface area contributed by atoms with E-state index in [4.69, 9.17) is 10.2 Å². The largest absolute Gasteiger partial charge is 0.481 e. The van der Waals surface area contributed by atoms with Gasteiger partial charge in [-0.2, -0.15) is 0 Å². The first-order chi connectivity index (χ1) is 5.70. The van der Waals surface area contributed by atoms with Crippen molar-refractivity contribution in [2.75, 3.05) is 0 Å². The highest BCUT2D eigenvalue weighted by Crippen LogP contribution is 2.41. The summed E-state index contributed by atoms with van der Waals surface area (Å²) in [6.45, 7) is 4.42. The van der Waals surface area contributed by atoms with Gasteiger partial charge in [-0.15, -0.1) is 0 Å². The van der Waals surface area contributed by atoms with Gasteiger partial charge in [0, 0.05) is 0 Å². The van der Waals surface area contributed by atoms with Crippen LogP contribution in [0.25, 0.3) is 0 Å². The van der Waals surface area contributed by atoms with Gasteiger partial charge in [-0.25, -0.2) is 0 Å². The molecule has 0 aliphatic rings. The third kappa shape index (κ3) is 1.85. The zero-order valence-electron chi connectivity index (χ0n) is 7.80. The van der Waals surface area contributed by atoms with Crippen molar-refractivity contribution in [3.8, 4) is 0 Å². The predicted molar refractivity (Wildman–Crippen MR) is 51.0 cm³/mol. The molecule has 0 aromatic heterocycles. The van der Waals surface area contributed by atoms with Gasteiger partial charge in [0.2, 0.25) is 0 Å². The molecule has 0 aromatic rings. The van der Waals surface area contributed by atoms with Crippen LogP contribution < -0.4 is 0 Å². The molecule has 0 spiro atoms. The highest BCUT2D eigenvalue weighted by molar-refractivity contribution is 9.10. The van der Waals surface area contributed by atoms with Crippen LogP contribution in [0.1, 0.15) is 27.2 Å². The molecule has 0 aromatic carbocycles. The molecule has 0 bridgehead atoms. The number of hydrogen-bond acceptors (Lipinski definition) is 2. The van der Waals surface area contributed by atoms with Crippen LogP contribution in [0.15, 0.2) is 0 Å². The van der Waals surface area contributed by atoms with E-state index < -0.39 is 21.7 Å². The van der Waals surface area contributed by atoms with Gasteiger partial charge in [0.05, 0.1) is 5.41 Å². The number of carboxylic acid groups (broad SMARTS) is 2. The predicted octanol–water partition coefficient (Wildman–Crippen LogP) is 1.73. The van der Waals surface area contributed by atoms with Crippen LogP contribution in [0.2, 0.25) is 0 Å². The van der Waals surface area contributed by atoms with Crippen LogP contribution in [0.5, 0.6) is 0 Å². The Bertz CT molecular complexity index is 236. The van der Waals surface area contributed by atoms with Crippen molar-refractivity contribution >= 4 is 27.9 Å². The van der Waals surface area contributed by atoms with E-state index in [-0.39, 0.29) is 6.42 Å². The summed E-state index contributed by atoms with van der Waals surface area (Å²) in [5.41, 5.74) is -1.31. The van der Waals surface area contributed by atoms with Gasteiger partial charge >= 0.3 is 11.9 Å². The first-order valence-corrected chi connectivity index (χ1v) is 4.65. The average Bonchev–Trinajstić information content (AvgIpc) is 2.01. The second-order valence-corrected chi connectivity index (χ2v) is 4.88. The molecule has 0 saturated carbocycles. The van der Waals surface area contributed by atoms with Crippen molar-refractivity contribution in [1.29, 1.82) is 0 Å². The van der Waals surface area contributed by atoms with Crippen LogP contribution in [-0.2, 0) is 9.59 Å². The summed E-state index contributed by atoms with van der Waals surface area (Å²) in [6, 6.07) is 0. The molecule has 0 heterocycles. The molecule has 0 saturated heterocycles. The monoisotopic (exact) mass is 252 g/mol. The number of carboxylic acids is 2. The number of alkyl halides is 1. The Balaban J connectivity index is 5.19. The molecule has 0 fully saturated rings. The number of aliphatic carboxylic acids is 2. The normalized spacial score (nSPS) is 20.0. The van der Waals surface area contributed by atoms with Gasteiger partial charge in [0.15, 0.2) is 0 Å². The van der Waals surface area contributed by atoms with Crippen LogP contribution in [0, 0.1) is 5.41 Å². The molecule has 0 radical (unpaired) electrons. The van der Waals surface area contributed by atoms with Gasteiger partial charge in [0.25, 0.3) is 0 Å². The summed E-state index contributed by atoms with van der Waals surface area (Å²) in [4.78, 5) is 21.7. The molecule has 5 heteroatoms. The van der Waals surface area contributed by atoms with E-state index in [1.165, 1.54) is 13.8 Å². The van der Waals surface area contributed by atoms with E-state index in [9.17, 15) is 9.59 Å². The third-order valence-corrected chi connectivity index (χ3v) is 3.83. The zero-order valence-corrected chi connectivity index (χ0v) is 9.38. The Kier molecular flexibility index (Phi) is 3.49. The first kappa shape index (κ1) is 12.4. The maximum Gasteiger partial charge on any atom is 0.321 e. The van der Waals surface area contributed by atoms with Crippen molar-refractivity contribution in [2.24, 2.45) is 5.41 Å². The Morgan fingerprint density at radius 3 is 1.69 bits per heavy atom. The van der Waals surface area contributed by atoms with Crippen molar-refractivity contribution in [3.05, 3.63) is 0 Å². The summed E-state index contributed by atoms with van der Waals surface area (Å²) < 4.78 is -1.44. The zero-order chi connectivity index (χ0) is 10.9. The molecule has 2 atom stereocenters. The van der Waals surface area contributed by atoms with Crippen molar-refractivity contribution < 1.29 is 19.8 Å². The fraction of sp³-hybridized carbons (Fsp3) is 0.750. The minimum atomic E-state index is -1.44. The van der Waals surface area contributed by atoms with Crippen LogP contribution in [-0.4, -0.2) is 26.5 Å².